The van der Waals surface area contributed by atoms with Crippen molar-refractivity contribution in [3.05, 3.63) is 11.6 Å². The van der Waals surface area contributed by atoms with E-state index in [0.29, 0.717) is 5.92 Å². The van der Waals surface area contributed by atoms with Crippen molar-refractivity contribution in [2.75, 3.05) is 19.8 Å². The lowest BCUT2D eigenvalue weighted by Gasteiger charge is -2.38. The molecule has 3 nitrogen and oxygen atoms in total. The molecule has 2 saturated heterocycles. The molecule has 0 saturated carbocycles. The average Bonchev–Trinajstić information content (AvgIpc) is 2.69. The molecule has 18 heavy (non-hydrogen) atoms. The number of rotatable bonds is 1. The minimum atomic E-state index is -0.221. The maximum absolute atomic E-state index is 9.91. The largest absolute Gasteiger partial charge is 0.389 e. The summed E-state index contributed by atoms with van der Waals surface area (Å²) in [7, 11) is 0. The number of aliphatic hydroxyl groups excluding tert-OH is 1. The van der Waals surface area contributed by atoms with Gasteiger partial charge in [0.15, 0.2) is 0 Å². The Morgan fingerprint density at radius 2 is 2.17 bits per heavy atom. The molecule has 0 aromatic carbocycles. The Labute approximate surface area is 109 Å². The first-order chi connectivity index (χ1) is 8.77. The molecular weight excluding hydrogens is 228 g/mol. The molecule has 2 fully saturated rings. The van der Waals surface area contributed by atoms with Gasteiger partial charge < -0.3 is 14.6 Å². The molecule has 0 aromatic heterocycles. The topological polar surface area (TPSA) is 38.7 Å². The molecular formula is C15H24O3. The summed E-state index contributed by atoms with van der Waals surface area (Å²) in [6.07, 6.45) is 9.63. The fraction of sp³-hybridized carbons (Fsp3) is 0.867. The van der Waals surface area contributed by atoms with E-state index in [1.165, 1.54) is 18.4 Å². The van der Waals surface area contributed by atoms with Crippen molar-refractivity contribution in [3.8, 4) is 0 Å². The zero-order valence-corrected chi connectivity index (χ0v) is 11.1. The van der Waals surface area contributed by atoms with Gasteiger partial charge in [0, 0.05) is 19.6 Å². The van der Waals surface area contributed by atoms with Gasteiger partial charge >= 0.3 is 0 Å². The van der Waals surface area contributed by atoms with Gasteiger partial charge in [-0.1, -0.05) is 18.1 Å². The van der Waals surface area contributed by atoms with E-state index in [2.05, 4.69) is 6.08 Å². The maximum atomic E-state index is 9.91. The van der Waals surface area contributed by atoms with E-state index in [0.717, 1.165) is 51.9 Å². The summed E-state index contributed by atoms with van der Waals surface area (Å²) >= 11 is 0. The lowest BCUT2D eigenvalue weighted by atomic mass is 9.79. The molecule has 3 heteroatoms. The highest BCUT2D eigenvalue weighted by Gasteiger charge is 2.41. The van der Waals surface area contributed by atoms with E-state index in [4.69, 9.17) is 9.47 Å². The molecule has 3 unspecified atom stereocenters. The summed E-state index contributed by atoms with van der Waals surface area (Å²) in [6, 6.07) is 0. The second-order valence-corrected chi connectivity index (χ2v) is 6.08. The summed E-state index contributed by atoms with van der Waals surface area (Å²) in [6.45, 7) is 2.45. The second kappa shape index (κ2) is 5.32. The first kappa shape index (κ1) is 12.6. The van der Waals surface area contributed by atoms with Crippen molar-refractivity contribution in [1.29, 1.82) is 0 Å². The van der Waals surface area contributed by atoms with Gasteiger partial charge in [0.05, 0.1) is 18.3 Å². The third-order valence-corrected chi connectivity index (χ3v) is 4.71. The standard InChI is InChI=1S/C15H24O3/c16-14-4-2-1-3-12(9-14)13-5-7-18-15(10-13)6-8-17-11-15/h9,13-14,16H,1-8,10-11H2. The van der Waals surface area contributed by atoms with Gasteiger partial charge in [-0.15, -0.1) is 0 Å². The molecule has 102 valence electrons. The van der Waals surface area contributed by atoms with Crippen LogP contribution in [0.25, 0.3) is 0 Å². The molecule has 2 aliphatic heterocycles. The zero-order chi connectivity index (χ0) is 12.4. The van der Waals surface area contributed by atoms with Gasteiger partial charge in [0.2, 0.25) is 0 Å². The number of aliphatic hydroxyl groups is 1. The van der Waals surface area contributed by atoms with Gasteiger partial charge in [0.25, 0.3) is 0 Å². The first-order valence-electron chi connectivity index (χ1n) is 7.38. The number of ether oxygens (including phenoxy) is 2. The van der Waals surface area contributed by atoms with Crippen LogP contribution in [-0.4, -0.2) is 36.6 Å². The van der Waals surface area contributed by atoms with Crippen LogP contribution in [0.2, 0.25) is 0 Å². The van der Waals surface area contributed by atoms with E-state index in [1.807, 2.05) is 0 Å². The van der Waals surface area contributed by atoms with Crippen LogP contribution in [0.5, 0.6) is 0 Å². The molecule has 3 aliphatic rings. The van der Waals surface area contributed by atoms with Crippen LogP contribution in [0.4, 0.5) is 0 Å². The second-order valence-electron chi connectivity index (χ2n) is 6.08. The molecule has 1 aliphatic carbocycles. The third-order valence-electron chi connectivity index (χ3n) is 4.71. The molecule has 1 N–H and O–H groups in total. The fourth-order valence-electron chi connectivity index (χ4n) is 3.64. The van der Waals surface area contributed by atoms with Gasteiger partial charge in [-0.25, -0.2) is 0 Å². The molecule has 0 aromatic rings. The SMILES string of the molecule is OC1C=C(C2CCOC3(CCOC3)C2)CCCC1. The average molecular weight is 252 g/mol. The Bertz CT molecular complexity index is 318. The molecule has 2 heterocycles. The highest BCUT2D eigenvalue weighted by molar-refractivity contribution is 5.13. The third kappa shape index (κ3) is 2.63. The van der Waals surface area contributed by atoms with Crippen LogP contribution in [0.3, 0.4) is 0 Å². The fourth-order valence-corrected chi connectivity index (χ4v) is 3.64. The summed E-state index contributed by atoms with van der Waals surface area (Å²) in [5.74, 6) is 0.605. The smallest absolute Gasteiger partial charge is 0.0942 e. The van der Waals surface area contributed by atoms with Crippen LogP contribution >= 0.6 is 0 Å². The summed E-state index contributed by atoms with van der Waals surface area (Å²) in [5.41, 5.74) is 1.47. The van der Waals surface area contributed by atoms with E-state index in [1.54, 1.807) is 0 Å². The monoisotopic (exact) mass is 252 g/mol. The number of hydrogen-bond acceptors (Lipinski definition) is 3. The summed E-state index contributed by atoms with van der Waals surface area (Å²) in [5, 5.41) is 9.91. The van der Waals surface area contributed by atoms with Crippen molar-refractivity contribution in [2.45, 2.75) is 56.7 Å². The Hall–Kier alpha value is -0.380. The van der Waals surface area contributed by atoms with Gasteiger partial charge in [-0.2, -0.15) is 0 Å². The van der Waals surface area contributed by atoms with Crippen molar-refractivity contribution in [2.24, 2.45) is 5.92 Å². The summed E-state index contributed by atoms with van der Waals surface area (Å²) < 4.78 is 11.5. The van der Waals surface area contributed by atoms with Crippen LogP contribution in [0.15, 0.2) is 11.6 Å². The first-order valence-corrected chi connectivity index (χ1v) is 7.38. The lowest BCUT2D eigenvalue weighted by molar-refractivity contribution is -0.0929. The summed E-state index contributed by atoms with van der Waals surface area (Å²) in [4.78, 5) is 0. The van der Waals surface area contributed by atoms with Crippen LogP contribution in [0, 0.1) is 5.92 Å². The minimum absolute atomic E-state index is 0.0129. The minimum Gasteiger partial charge on any atom is -0.389 e. The highest BCUT2D eigenvalue weighted by atomic mass is 16.6. The molecule has 1 spiro atoms. The molecule has 0 bridgehead atoms. The van der Waals surface area contributed by atoms with Crippen LogP contribution in [-0.2, 0) is 9.47 Å². The lowest BCUT2D eigenvalue weighted by Crippen LogP contribution is -2.40. The molecule has 0 amide bonds. The van der Waals surface area contributed by atoms with E-state index < -0.39 is 0 Å². The van der Waals surface area contributed by atoms with Crippen molar-refractivity contribution >= 4 is 0 Å². The van der Waals surface area contributed by atoms with Gasteiger partial charge in [-0.3, -0.25) is 0 Å². The van der Waals surface area contributed by atoms with Crippen LogP contribution in [0.1, 0.15) is 44.9 Å². The van der Waals surface area contributed by atoms with E-state index in [-0.39, 0.29) is 11.7 Å². The van der Waals surface area contributed by atoms with E-state index in [9.17, 15) is 5.11 Å². The predicted molar refractivity (Wildman–Crippen MR) is 69.4 cm³/mol. The van der Waals surface area contributed by atoms with Crippen molar-refractivity contribution in [1.82, 2.24) is 0 Å². The Kier molecular flexibility index (Phi) is 3.73. The normalized spacial score (nSPS) is 41.7. The zero-order valence-electron chi connectivity index (χ0n) is 11.1. The number of hydrogen-bond donors (Lipinski definition) is 1. The Balaban J connectivity index is 1.71. The van der Waals surface area contributed by atoms with Gasteiger partial charge in [-0.05, 0) is 38.0 Å². The quantitative estimate of drug-likeness (QED) is 0.728. The van der Waals surface area contributed by atoms with Crippen molar-refractivity contribution in [3.63, 3.8) is 0 Å². The molecule has 0 radical (unpaired) electrons. The molecule has 3 rings (SSSR count). The van der Waals surface area contributed by atoms with Crippen molar-refractivity contribution < 1.29 is 14.6 Å². The highest BCUT2D eigenvalue weighted by Crippen LogP contribution is 2.40. The maximum Gasteiger partial charge on any atom is 0.0942 e. The molecule has 3 atom stereocenters. The van der Waals surface area contributed by atoms with Gasteiger partial charge in [0.1, 0.15) is 0 Å². The van der Waals surface area contributed by atoms with Crippen LogP contribution < -0.4 is 0 Å². The number of allylic oxidation sites excluding steroid dienone is 1. The predicted octanol–water partition coefficient (Wildman–Crippen LogP) is 2.43. The Morgan fingerprint density at radius 3 is 3.00 bits per heavy atom. The Morgan fingerprint density at radius 1 is 1.22 bits per heavy atom. The van der Waals surface area contributed by atoms with E-state index >= 15 is 0 Å².